The maximum absolute atomic E-state index is 5.45. The summed E-state index contributed by atoms with van der Waals surface area (Å²) in [6.45, 7) is 1.48. The van der Waals surface area contributed by atoms with Crippen LogP contribution in [0.25, 0.3) is 0 Å². The monoisotopic (exact) mass is 240 g/mol. The van der Waals surface area contributed by atoms with Crippen molar-refractivity contribution in [1.29, 1.82) is 0 Å². The summed E-state index contributed by atoms with van der Waals surface area (Å²) < 4.78 is 5.45. The molecule has 0 unspecified atom stereocenters. The average molecular weight is 241 g/mol. The zero-order chi connectivity index (χ0) is 9.36. The van der Waals surface area contributed by atoms with Gasteiger partial charge in [0.1, 0.15) is 0 Å². The van der Waals surface area contributed by atoms with Crippen LogP contribution in [0.1, 0.15) is 12.0 Å². The Morgan fingerprint density at radius 2 is 2.00 bits per heavy atom. The van der Waals surface area contributed by atoms with Crippen LogP contribution < -0.4 is 0 Å². The van der Waals surface area contributed by atoms with Crippen LogP contribution in [0, 0.1) is 0 Å². The largest absolute Gasteiger partial charge is 0.376 e. The summed E-state index contributed by atoms with van der Waals surface area (Å²) in [5, 5.41) is 0. The van der Waals surface area contributed by atoms with E-state index in [1.165, 1.54) is 5.56 Å². The Morgan fingerprint density at radius 1 is 1.23 bits per heavy atom. The lowest BCUT2D eigenvalue weighted by Crippen LogP contribution is -1.93. The molecule has 13 heavy (non-hydrogen) atoms. The number of hydrogen-bond donors (Lipinski definition) is 0. The highest BCUT2D eigenvalue weighted by molar-refractivity contribution is 9.11. The van der Waals surface area contributed by atoms with Crippen LogP contribution in [-0.4, -0.2) is 6.61 Å². The Morgan fingerprint density at radius 3 is 2.69 bits per heavy atom. The van der Waals surface area contributed by atoms with E-state index in [1.807, 2.05) is 29.3 Å². The summed E-state index contributed by atoms with van der Waals surface area (Å²) in [6, 6.07) is 10.2. The van der Waals surface area contributed by atoms with Gasteiger partial charge in [0.05, 0.1) is 13.2 Å². The van der Waals surface area contributed by atoms with Gasteiger partial charge in [0.2, 0.25) is 0 Å². The number of halogens is 1. The zero-order valence-corrected chi connectivity index (χ0v) is 9.03. The van der Waals surface area contributed by atoms with Crippen molar-refractivity contribution in [2.24, 2.45) is 0 Å². The highest BCUT2D eigenvalue weighted by atomic mass is 79.9. The molecule has 0 saturated carbocycles. The summed E-state index contributed by atoms with van der Waals surface area (Å²) in [5.74, 6) is 0. The molecule has 0 aliphatic rings. The molecule has 0 radical (unpaired) electrons. The Balaban J connectivity index is 2.13. The predicted molar refractivity (Wildman–Crippen MR) is 58.8 cm³/mol. The molecule has 0 amide bonds. The fourth-order valence-electron chi connectivity index (χ4n) is 0.979. The van der Waals surface area contributed by atoms with Crippen molar-refractivity contribution in [2.75, 3.05) is 6.61 Å². The number of ether oxygens (including phenoxy) is 1. The van der Waals surface area contributed by atoms with Gasteiger partial charge in [0.15, 0.2) is 0 Å². The molecule has 0 atom stereocenters. The summed E-state index contributed by atoms with van der Waals surface area (Å²) in [5.41, 5.74) is 1.23. The van der Waals surface area contributed by atoms with E-state index in [2.05, 4.69) is 28.1 Å². The van der Waals surface area contributed by atoms with Crippen LogP contribution in [0.4, 0.5) is 0 Å². The molecule has 1 nitrogen and oxygen atoms in total. The molecule has 0 bridgehead atoms. The Labute approximate surface area is 87.5 Å². The summed E-state index contributed by atoms with van der Waals surface area (Å²) in [7, 11) is 0. The van der Waals surface area contributed by atoms with E-state index in [4.69, 9.17) is 4.74 Å². The van der Waals surface area contributed by atoms with Crippen molar-refractivity contribution in [2.45, 2.75) is 13.0 Å². The minimum absolute atomic E-state index is 0.705. The summed E-state index contributed by atoms with van der Waals surface area (Å²) in [6.07, 6.45) is 2.99. The Hall–Kier alpha value is -0.600. The quantitative estimate of drug-likeness (QED) is 0.717. The first kappa shape index (κ1) is 10.5. The van der Waals surface area contributed by atoms with Crippen LogP contribution >= 0.6 is 15.9 Å². The molecule has 0 N–H and O–H groups in total. The predicted octanol–water partition coefficient (Wildman–Crippen LogP) is 3.50. The summed E-state index contributed by atoms with van der Waals surface area (Å²) in [4.78, 5) is 1.86. The van der Waals surface area contributed by atoms with Crippen LogP contribution in [-0.2, 0) is 11.3 Å². The van der Waals surface area contributed by atoms with E-state index in [9.17, 15) is 0 Å². The molecule has 2 heteroatoms. The SMILES string of the molecule is Br/C=C/CCOCc1ccccc1. The van der Waals surface area contributed by atoms with Crippen LogP contribution in [0.2, 0.25) is 0 Å². The second-order valence-corrected chi connectivity index (χ2v) is 3.22. The van der Waals surface area contributed by atoms with E-state index in [-0.39, 0.29) is 0 Å². The lowest BCUT2D eigenvalue weighted by Gasteiger charge is -2.01. The van der Waals surface area contributed by atoms with E-state index in [0.717, 1.165) is 13.0 Å². The number of hydrogen-bond acceptors (Lipinski definition) is 1. The van der Waals surface area contributed by atoms with Crippen molar-refractivity contribution < 1.29 is 4.74 Å². The second kappa shape index (κ2) is 6.87. The fraction of sp³-hybridized carbons (Fsp3) is 0.273. The Kier molecular flexibility index (Phi) is 5.54. The Bertz CT molecular complexity index is 244. The smallest absolute Gasteiger partial charge is 0.0717 e. The van der Waals surface area contributed by atoms with E-state index in [0.29, 0.717) is 6.61 Å². The van der Waals surface area contributed by atoms with Gasteiger partial charge in [-0.15, -0.1) is 0 Å². The van der Waals surface area contributed by atoms with Crippen LogP contribution in [0.5, 0.6) is 0 Å². The van der Waals surface area contributed by atoms with E-state index < -0.39 is 0 Å². The van der Waals surface area contributed by atoms with Crippen molar-refractivity contribution in [1.82, 2.24) is 0 Å². The third kappa shape index (κ3) is 4.86. The molecule has 0 fully saturated rings. The molecular formula is C11H13BrO. The standard InChI is InChI=1S/C11H13BrO/c12-8-4-5-9-13-10-11-6-2-1-3-7-11/h1-4,6-8H,5,9-10H2/b8-4+. The fourth-order valence-corrected chi connectivity index (χ4v) is 1.24. The highest BCUT2D eigenvalue weighted by Gasteiger charge is 1.89. The first-order chi connectivity index (χ1) is 6.43. The van der Waals surface area contributed by atoms with Crippen molar-refractivity contribution >= 4 is 15.9 Å². The summed E-state index contributed by atoms with van der Waals surface area (Å²) >= 11 is 3.21. The van der Waals surface area contributed by atoms with Gasteiger partial charge in [-0.05, 0) is 17.0 Å². The molecule has 0 aliphatic heterocycles. The van der Waals surface area contributed by atoms with Gasteiger partial charge in [0.25, 0.3) is 0 Å². The molecule has 0 aliphatic carbocycles. The van der Waals surface area contributed by atoms with Gasteiger partial charge >= 0.3 is 0 Å². The van der Waals surface area contributed by atoms with E-state index in [1.54, 1.807) is 0 Å². The maximum atomic E-state index is 5.45. The van der Waals surface area contributed by atoms with Crippen molar-refractivity contribution in [3.8, 4) is 0 Å². The zero-order valence-electron chi connectivity index (χ0n) is 7.45. The van der Waals surface area contributed by atoms with Gasteiger partial charge in [-0.2, -0.15) is 0 Å². The highest BCUT2D eigenvalue weighted by Crippen LogP contribution is 2.00. The van der Waals surface area contributed by atoms with Crippen molar-refractivity contribution in [3.63, 3.8) is 0 Å². The van der Waals surface area contributed by atoms with Gasteiger partial charge in [-0.1, -0.05) is 52.3 Å². The molecule has 0 saturated heterocycles. The minimum atomic E-state index is 0.705. The third-order valence-electron chi connectivity index (χ3n) is 1.63. The molecular weight excluding hydrogens is 228 g/mol. The second-order valence-electron chi connectivity index (χ2n) is 2.69. The van der Waals surface area contributed by atoms with Crippen LogP contribution in [0.15, 0.2) is 41.4 Å². The van der Waals surface area contributed by atoms with E-state index >= 15 is 0 Å². The number of benzene rings is 1. The molecule has 0 aromatic heterocycles. The molecule has 0 spiro atoms. The van der Waals surface area contributed by atoms with Crippen molar-refractivity contribution in [3.05, 3.63) is 47.0 Å². The molecule has 0 heterocycles. The first-order valence-corrected chi connectivity index (χ1v) is 5.22. The number of rotatable bonds is 5. The molecule has 1 rings (SSSR count). The topological polar surface area (TPSA) is 9.23 Å². The lowest BCUT2D eigenvalue weighted by atomic mass is 10.2. The van der Waals surface area contributed by atoms with Crippen LogP contribution in [0.3, 0.4) is 0 Å². The average Bonchev–Trinajstić information content (AvgIpc) is 2.19. The van der Waals surface area contributed by atoms with Gasteiger partial charge in [-0.3, -0.25) is 0 Å². The van der Waals surface area contributed by atoms with Gasteiger partial charge in [0, 0.05) is 0 Å². The first-order valence-electron chi connectivity index (χ1n) is 4.30. The lowest BCUT2D eigenvalue weighted by molar-refractivity contribution is 0.125. The van der Waals surface area contributed by atoms with Gasteiger partial charge < -0.3 is 4.74 Å². The molecule has 1 aromatic rings. The third-order valence-corrected chi connectivity index (χ3v) is 2.00. The minimum Gasteiger partial charge on any atom is -0.376 e. The van der Waals surface area contributed by atoms with Gasteiger partial charge in [-0.25, -0.2) is 0 Å². The molecule has 1 aromatic carbocycles. The molecule has 70 valence electrons. The normalized spacial score (nSPS) is 10.8. The maximum Gasteiger partial charge on any atom is 0.0717 e.